The van der Waals surface area contributed by atoms with Gasteiger partial charge in [-0.05, 0) is 54.6 Å². The van der Waals surface area contributed by atoms with Crippen molar-refractivity contribution in [2.24, 2.45) is 5.10 Å². The second kappa shape index (κ2) is 11.9. The summed E-state index contributed by atoms with van der Waals surface area (Å²) in [6.07, 6.45) is -0.498. The maximum atomic E-state index is 6.32. The van der Waals surface area contributed by atoms with Crippen molar-refractivity contribution in [1.29, 1.82) is 0 Å². The molecule has 1 aliphatic rings. The average molecular weight is 557 g/mol. The van der Waals surface area contributed by atoms with Gasteiger partial charge in [0.05, 0.1) is 0 Å². The van der Waals surface area contributed by atoms with Gasteiger partial charge in [-0.1, -0.05) is 68.4 Å². The van der Waals surface area contributed by atoms with Crippen molar-refractivity contribution in [1.82, 2.24) is 25.4 Å². The van der Waals surface area contributed by atoms with Crippen LogP contribution >= 0.6 is 0 Å². The van der Waals surface area contributed by atoms with Crippen LogP contribution in [0.1, 0.15) is 31.2 Å². The minimum absolute atomic E-state index is 0.356. The zero-order chi connectivity index (χ0) is 28.9. The van der Waals surface area contributed by atoms with Crippen LogP contribution in [0.15, 0.2) is 123 Å². The number of nitrogens with zero attached hydrogens (tertiary/aromatic N) is 6. The third-order valence-electron chi connectivity index (χ3n) is 6.46. The number of ether oxygens (including phenoxy) is 1. The van der Waals surface area contributed by atoms with Crippen molar-refractivity contribution in [3.05, 3.63) is 120 Å². The summed E-state index contributed by atoms with van der Waals surface area (Å²) in [4.78, 5) is 0. The van der Waals surface area contributed by atoms with E-state index in [0.717, 1.165) is 22.3 Å². The summed E-state index contributed by atoms with van der Waals surface area (Å²) in [5.41, 5.74) is 4.74. The fourth-order valence-corrected chi connectivity index (χ4v) is 4.51. The lowest BCUT2D eigenvalue weighted by Crippen LogP contribution is -2.16. The van der Waals surface area contributed by atoms with E-state index in [2.05, 4.69) is 25.5 Å². The molecule has 0 spiro atoms. The highest BCUT2D eigenvalue weighted by Gasteiger charge is 2.29. The van der Waals surface area contributed by atoms with E-state index in [1.807, 2.05) is 130 Å². The molecule has 0 N–H and O–H groups in total. The fraction of sp³-hybridized carbons (Fsp3) is 0.121. The van der Waals surface area contributed by atoms with E-state index >= 15 is 0 Å². The van der Waals surface area contributed by atoms with E-state index < -0.39 is 6.23 Å². The topological polar surface area (TPSA) is 103 Å². The molecule has 42 heavy (non-hydrogen) atoms. The molecule has 9 nitrogen and oxygen atoms in total. The molecule has 0 saturated carbocycles. The lowest BCUT2D eigenvalue weighted by atomic mass is 10.0. The van der Waals surface area contributed by atoms with Crippen molar-refractivity contribution >= 4 is 5.90 Å². The second-order valence-electron chi connectivity index (χ2n) is 9.22. The van der Waals surface area contributed by atoms with Crippen LogP contribution in [0.4, 0.5) is 0 Å². The smallest absolute Gasteiger partial charge is 0.248 e. The molecule has 1 aliphatic heterocycles. The Morgan fingerprint density at radius 2 is 0.929 bits per heavy atom. The highest BCUT2D eigenvalue weighted by atomic mass is 16.5. The number of hydrazone groups is 1. The van der Waals surface area contributed by atoms with Crippen molar-refractivity contribution in [3.63, 3.8) is 0 Å². The van der Waals surface area contributed by atoms with E-state index in [1.54, 1.807) is 5.01 Å². The summed E-state index contributed by atoms with van der Waals surface area (Å²) < 4.78 is 18.5. The van der Waals surface area contributed by atoms with Crippen molar-refractivity contribution in [2.75, 3.05) is 7.05 Å². The minimum Gasteiger partial charge on any atom is -0.446 e. The summed E-state index contributed by atoms with van der Waals surface area (Å²) >= 11 is 0. The molecule has 9 heteroatoms. The first-order valence-electron chi connectivity index (χ1n) is 13.7. The van der Waals surface area contributed by atoms with Gasteiger partial charge in [0.15, 0.2) is 0 Å². The second-order valence-corrected chi connectivity index (χ2v) is 9.22. The number of aromatic nitrogens is 4. The first kappa shape index (κ1) is 26.6. The molecule has 0 fully saturated rings. The van der Waals surface area contributed by atoms with Crippen LogP contribution in [0.25, 0.3) is 45.8 Å². The molecule has 7 rings (SSSR count). The molecule has 6 aromatic rings. The molecule has 2 aromatic heterocycles. The lowest BCUT2D eigenvalue weighted by Gasteiger charge is -2.19. The van der Waals surface area contributed by atoms with Crippen LogP contribution in [0.2, 0.25) is 0 Å². The van der Waals surface area contributed by atoms with Crippen LogP contribution < -0.4 is 0 Å². The molecular formula is C33H28N6O3. The zero-order valence-electron chi connectivity index (χ0n) is 23.4. The Hall–Kier alpha value is -5.57. The molecule has 0 saturated heterocycles. The van der Waals surface area contributed by atoms with Crippen LogP contribution in [-0.2, 0) is 4.74 Å². The third kappa shape index (κ3) is 5.40. The van der Waals surface area contributed by atoms with E-state index in [1.165, 1.54) is 0 Å². The van der Waals surface area contributed by atoms with Gasteiger partial charge >= 0.3 is 0 Å². The minimum atomic E-state index is -0.498. The first-order chi connectivity index (χ1) is 20.7. The molecule has 208 valence electrons. The van der Waals surface area contributed by atoms with Crippen LogP contribution in [0, 0.1) is 0 Å². The van der Waals surface area contributed by atoms with Gasteiger partial charge in [0.25, 0.3) is 0 Å². The number of hydrogen-bond donors (Lipinski definition) is 0. The quantitative estimate of drug-likeness (QED) is 0.208. The predicted molar refractivity (Wildman–Crippen MR) is 160 cm³/mol. The van der Waals surface area contributed by atoms with Gasteiger partial charge < -0.3 is 13.6 Å². The Kier molecular flexibility index (Phi) is 7.54. The van der Waals surface area contributed by atoms with Crippen molar-refractivity contribution < 1.29 is 13.6 Å². The molecule has 1 atom stereocenters. The summed E-state index contributed by atoms with van der Waals surface area (Å²) in [6.45, 7) is 4.00. The Bertz CT molecular complexity index is 1700. The molecule has 3 heterocycles. The van der Waals surface area contributed by atoms with Gasteiger partial charge in [0, 0.05) is 40.4 Å². The number of benzene rings is 4. The maximum Gasteiger partial charge on any atom is 0.248 e. The van der Waals surface area contributed by atoms with Gasteiger partial charge in [-0.25, -0.2) is 0 Å². The Morgan fingerprint density at radius 3 is 1.38 bits per heavy atom. The van der Waals surface area contributed by atoms with Gasteiger partial charge in [-0.2, -0.15) is 0 Å². The highest BCUT2D eigenvalue weighted by molar-refractivity contribution is 5.94. The van der Waals surface area contributed by atoms with Gasteiger partial charge in [0.2, 0.25) is 35.7 Å². The molecule has 0 aliphatic carbocycles. The van der Waals surface area contributed by atoms with E-state index in [0.29, 0.717) is 40.6 Å². The first-order valence-corrected chi connectivity index (χ1v) is 13.7. The SMILES string of the molecule is CC.CN1N=C(c2ccccc2)OC1c1cc(-c2nnc(-c3ccccc3)o2)cc(-c2nnc(-c3ccccc3)o2)c1. The summed E-state index contributed by atoms with van der Waals surface area (Å²) in [6, 6.07) is 34.8. The lowest BCUT2D eigenvalue weighted by molar-refractivity contribution is 0.0780. The molecule has 1 unspecified atom stereocenters. The van der Waals surface area contributed by atoms with E-state index in [4.69, 9.17) is 13.6 Å². The zero-order valence-corrected chi connectivity index (χ0v) is 23.4. The monoisotopic (exact) mass is 556 g/mol. The fourth-order valence-electron chi connectivity index (χ4n) is 4.51. The Morgan fingerprint density at radius 1 is 0.524 bits per heavy atom. The van der Waals surface area contributed by atoms with Crippen molar-refractivity contribution in [3.8, 4) is 45.8 Å². The Labute approximate surface area is 243 Å². The summed E-state index contributed by atoms with van der Waals surface area (Å²) in [5.74, 6) is 2.10. The maximum absolute atomic E-state index is 6.32. The van der Waals surface area contributed by atoms with E-state index in [9.17, 15) is 0 Å². The van der Waals surface area contributed by atoms with Crippen LogP contribution in [0.5, 0.6) is 0 Å². The summed E-state index contributed by atoms with van der Waals surface area (Å²) in [5, 5.41) is 23.6. The average Bonchev–Trinajstić information content (AvgIpc) is 3.84. The van der Waals surface area contributed by atoms with Gasteiger partial charge in [-0.3, -0.25) is 5.01 Å². The normalized spacial score (nSPS) is 14.1. The van der Waals surface area contributed by atoms with E-state index in [-0.39, 0.29) is 0 Å². The van der Waals surface area contributed by atoms with Gasteiger partial charge in [0.1, 0.15) is 0 Å². The molecule has 0 bridgehead atoms. The largest absolute Gasteiger partial charge is 0.446 e. The van der Waals surface area contributed by atoms with Gasteiger partial charge in [-0.15, -0.1) is 25.5 Å². The third-order valence-corrected chi connectivity index (χ3v) is 6.46. The van der Waals surface area contributed by atoms with Crippen molar-refractivity contribution in [2.45, 2.75) is 20.1 Å². The molecule has 0 radical (unpaired) electrons. The van der Waals surface area contributed by atoms with Crippen LogP contribution in [-0.4, -0.2) is 38.3 Å². The highest BCUT2D eigenvalue weighted by Crippen LogP contribution is 2.36. The molecule has 0 amide bonds. The standard InChI is InChI=1S/C31H22N6O3.C2H6/c1-37-31(40-30(36-37)22-15-9-4-10-16-22)25-18-23(28-34-32-26(38-28)20-11-5-2-6-12-20)17-24(19-25)29-35-33-27(39-29)21-13-7-3-8-14-21;1-2/h2-19,31H,1H3;1-2H3. The predicted octanol–water partition coefficient (Wildman–Crippen LogP) is 7.47. The summed E-state index contributed by atoms with van der Waals surface area (Å²) in [7, 11) is 1.87. The molecule has 4 aromatic carbocycles. The number of hydrogen-bond acceptors (Lipinski definition) is 9. The number of rotatable bonds is 6. The molecular weight excluding hydrogens is 528 g/mol. The Balaban J connectivity index is 0.00000155. The van der Waals surface area contributed by atoms with Crippen LogP contribution in [0.3, 0.4) is 0 Å².